The zero-order chi connectivity index (χ0) is 38.5. The summed E-state index contributed by atoms with van der Waals surface area (Å²) in [6.45, 7) is 18.9. The van der Waals surface area contributed by atoms with Gasteiger partial charge in [-0.05, 0) is 58.0 Å². The minimum Gasteiger partial charge on any atom is -0.466 e. The fourth-order valence-electron chi connectivity index (χ4n) is 6.49. The molecule has 308 valence electrons. The first-order valence-corrected chi connectivity index (χ1v) is 21.9. The van der Waals surface area contributed by atoms with Crippen LogP contribution >= 0.6 is 0 Å². The van der Waals surface area contributed by atoms with Crippen molar-refractivity contribution in [2.45, 2.75) is 195 Å². The maximum Gasteiger partial charge on any atom is 0.508 e. The van der Waals surface area contributed by atoms with Crippen molar-refractivity contribution in [1.82, 2.24) is 9.80 Å². The van der Waals surface area contributed by atoms with Crippen LogP contribution in [0, 0.1) is 5.92 Å². The minimum atomic E-state index is -0.653. The lowest BCUT2D eigenvalue weighted by molar-refractivity contribution is -0.149. The standard InChI is InChI=1S/C43H84N2O7/c1-7-13-17-21-25-36-49-41(46)31-26-30-40(29-24-20-16-10-4)52-43(48)51-38-35-45(33-32-44(11-5)12-6)34-37-50-42(47)39(27-22-18-14-8-2)28-23-19-15-9-3/h39-40H,7-38H2,1-6H3. The lowest BCUT2D eigenvalue weighted by Gasteiger charge is -2.26. The van der Waals surface area contributed by atoms with E-state index in [1.807, 2.05) is 0 Å². The van der Waals surface area contributed by atoms with Crippen molar-refractivity contribution in [3.63, 3.8) is 0 Å². The molecular weight excluding hydrogens is 656 g/mol. The van der Waals surface area contributed by atoms with Crippen LogP contribution in [-0.2, 0) is 28.5 Å². The third-order valence-electron chi connectivity index (χ3n) is 10.1. The molecule has 0 saturated carbocycles. The normalized spacial score (nSPS) is 12.1. The fraction of sp³-hybridized carbons (Fsp3) is 0.930. The number of hydrogen-bond donors (Lipinski definition) is 0. The number of carbonyl (C=O) groups excluding carboxylic acids is 3. The Kier molecular flexibility index (Phi) is 36.1. The zero-order valence-electron chi connectivity index (χ0n) is 35.0. The highest BCUT2D eigenvalue weighted by atomic mass is 16.7. The van der Waals surface area contributed by atoms with Gasteiger partial charge in [-0.15, -0.1) is 0 Å². The van der Waals surface area contributed by atoms with Crippen molar-refractivity contribution >= 4 is 18.1 Å². The molecule has 9 nitrogen and oxygen atoms in total. The van der Waals surface area contributed by atoms with Gasteiger partial charge < -0.3 is 23.8 Å². The van der Waals surface area contributed by atoms with E-state index in [4.69, 9.17) is 18.9 Å². The summed E-state index contributed by atoms with van der Waals surface area (Å²) < 4.78 is 22.7. The van der Waals surface area contributed by atoms with E-state index in [9.17, 15) is 14.4 Å². The minimum absolute atomic E-state index is 0.0168. The van der Waals surface area contributed by atoms with Gasteiger partial charge in [0.1, 0.15) is 19.3 Å². The summed E-state index contributed by atoms with van der Waals surface area (Å²) in [6.07, 6.45) is 22.5. The number of likely N-dealkylation sites (N-methyl/N-ethyl adjacent to an activating group) is 1. The second kappa shape index (κ2) is 37.4. The number of nitrogens with zero attached hydrogens (tertiary/aromatic N) is 2. The van der Waals surface area contributed by atoms with Gasteiger partial charge in [-0.25, -0.2) is 4.79 Å². The van der Waals surface area contributed by atoms with E-state index in [2.05, 4.69) is 51.3 Å². The molecule has 0 aliphatic heterocycles. The summed E-state index contributed by atoms with van der Waals surface area (Å²) in [5.74, 6) is -0.248. The van der Waals surface area contributed by atoms with E-state index >= 15 is 0 Å². The van der Waals surface area contributed by atoms with E-state index in [0.29, 0.717) is 45.6 Å². The second-order valence-corrected chi connectivity index (χ2v) is 14.6. The first kappa shape index (κ1) is 50.1. The number of ether oxygens (including phenoxy) is 4. The molecule has 9 heteroatoms. The lowest BCUT2D eigenvalue weighted by Crippen LogP contribution is -2.39. The number of esters is 2. The van der Waals surface area contributed by atoms with E-state index in [-0.39, 0.29) is 30.6 Å². The van der Waals surface area contributed by atoms with E-state index in [1.54, 1.807) is 0 Å². The molecule has 0 N–H and O–H groups in total. The number of unbranched alkanes of at least 4 members (excludes halogenated alkanes) is 13. The van der Waals surface area contributed by atoms with Crippen LogP contribution in [0.1, 0.15) is 189 Å². The van der Waals surface area contributed by atoms with Crippen molar-refractivity contribution in [1.29, 1.82) is 0 Å². The SMILES string of the molecule is CCCCCCCOC(=O)CCCC(CCCCCC)OC(=O)OCCN(CCOC(=O)C(CCCCCC)CCCCCC)CCN(CC)CC. The van der Waals surface area contributed by atoms with Crippen molar-refractivity contribution < 1.29 is 33.3 Å². The Bertz CT molecular complexity index is 811. The Balaban J connectivity index is 4.99. The average molecular weight is 741 g/mol. The number of hydrogen-bond acceptors (Lipinski definition) is 9. The molecule has 0 aromatic carbocycles. The van der Waals surface area contributed by atoms with Crippen LogP contribution in [0.25, 0.3) is 0 Å². The van der Waals surface area contributed by atoms with Gasteiger partial charge in [-0.1, -0.05) is 138 Å². The molecule has 0 amide bonds. The third kappa shape index (κ3) is 30.6. The van der Waals surface area contributed by atoms with Crippen LogP contribution in [0.15, 0.2) is 0 Å². The smallest absolute Gasteiger partial charge is 0.466 e. The van der Waals surface area contributed by atoms with E-state index in [0.717, 1.165) is 96.8 Å². The molecule has 1 unspecified atom stereocenters. The van der Waals surface area contributed by atoms with Crippen LogP contribution in [0.5, 0.6) is 0 Å². The highest BCUT2D eigenvalue weighted by Gasteiger charge is 2.21. The first-order valence-electron chi connectivity index (χ1n) is 21.9. The number of carbonyl (C=O) groups is 3. The van der Waals surface area contributed by atoms with Crippen LogP contribution in [0.2, 0.25) is 0 Å². The van der Waals surface area contributed by atoms with Crippen molar-refractivity contribution in [2.24, 2.45) is 5.92 Å². The second-order valence-electron chi connectivity index (χ2n) is 14.6. The summed E-state index contributed by atoms with van der Waals surface area (Å²) in [7, 11) is 0. The molecule has 1 atom stereocenters. The molecule has 0 aromatic rings. The molecule has 0 aliphatic rings. The topological polar surface area (TPSA) is 94.6 Å². The van der Waals surface area contributed by atoms with Gasteiger partial charge in [0.2, 0.25) is 0 Å². The molecule has 0 aliphatic carbocycles. The highest BCUT2D eigenvalue weighted by molar-refractivity contribution is 5.72. The summed E-state index contributed by atoms with van der Waals surface area (Å²) in [5, 5.41) is 0. The van der Waals surface area contributed by atoms with Crippen molar-refractivity contribution in [3.8, 4) is 0 Å². The fourth-order valence-corrected chi connectivity index (χ4v) is 6.49. The molecule has 0 radical (unpaired) electrons. The van der Waals surface area contributed by atoms with Crippen LogP contribution in [0.4, 0.5) is 4.79 Å². The highest BCUT2D eigenvalue weighted by Crippen LogP contribution is 2.20. The summed E-state index contributed by atoms with van der Waals surface area (Å²) in [4.78, 5) is 42.8. The summed E-state index contributed by atoms with van der Waals surface area (Å²) in [5.41, 5.74) is 0. The molecule has 0 saturated heterocycles. The average Bonchev–Trinajstić information content (AvgIpc) is 3.14. The lowest BCUT2D eigenvalue weighted by atomic mass is 9.94. The van der Waals surface area contributed by atoms with Crippen molar-refractivity contribution in [2.75, 3.05) is 59.1 Å². The van der Waals surface area contributed by atoms with Gasteiger partial charge in [-0.3, -0.25) is 14.5 Å². The van der Waals surface area contributed by atoms with Gasteiger partial charge in [-0.2, -0.15) is 0 Å². The van der Waals surface area contributed by atoms with Gasteiger partial charge in [0, 0.05) is 32.6 Å². The predicted molar refractivity (Wildman–Crippen MR) is 215 cm³/mol. The first-order chi connectivity index (χ1) is 25.3. The van der Waals surface area contributed by atoms with E-state index < -0.39 is 6.16 Å². The Morgan fingerprint density at radius 2 is 0.942 bits per heavy atom. The summed E-state index contributed by atoms with van der Waals surface area (Å²) >= 11 is 0. The van der Waals surface area contributed by atoms with Crippen LogP contribution in [-0.4, -0.2) is 93.1 Å². The molecule has 0 aromatic heterocycles. The van der Waals surface area contributed by atoms with Gasteiger partial charge in [0.15, 0.2) is 0 Å². The molecule has 0 rings (SSSR count). The Labute approximate surface area is 321 Å². The molecule has 0 fully saturated rings. The van der Waals surface area contributed by atoms with Gasteiger partial charge >= 0.3 is 18.1 Å². The van der Waals surface area contributed by atoms with E-state index in [1.165, 1.54) is 57.8 Å². The van der Waals surface area contributed by atoms with Crippen molar-refractivity contribution in [3.05, 3.63) is 0 Å². The number of rotatable bonds is 38. The Morgan fingerprint density at radius 3 is 1.50 bits per heavy atom. The molecule has 0 spiro atoms. The monoisotopic (exact) mass is 741 g/mol. The van der Waals surface area contributed by atoms with Crippen LogP contribution in [0.3, 0.4) is 0 Å². The third-order valence-corrected chi connectivity index (χ3v) is 10.1. The molecular formula is C43H84N2O7. The van der Waals surface area contributed by atoms with Crippen LogP contribution < -0.4 is 0 Å². The Hall–Kier alpha value is -1.87. The van der Waals surface area contributed by atoms with Gasteiger partial charge in [0.05, 0.1) is 12.5 Å². The molecule has 0 heterocycles. The Morgan fingerprint density at radius 1 is 0.462 bits per heavy atom. The summed E-state index contributed by atoms with van der Waals surface area (Å²) in [6, 6.07) is 0. The quantitative estimate of drug-likeness (QED) is 0.0348. The maximum atomic E-state index is 13.2. The molecule has 0 bridgehead atoms. The maximum absolute atomic E-state index is 13.2. The zero-order valence-corrected chi connectivity index (χ0v) is 35.0. The largest absolute Gasteiger partial charge is 0.508 e. The van der Waals surface area contributed by atoms with Gasteiger partial charge in [0.25, 0.3) is 0 Å². The molecule has 52 heavy (non-hydrogen) atoms. The predicted octanol–water partition coefficient (Wildman–Crippen LogP) is 10.9.